The maximum Gasteiger partial charge on any atom is 0.329 e. The zero-order valence-corrected chi connectivity index (χ0v) is 12.7. The van der Waals surface area contributed by atoms with E-state index in [4.69, 9.17) is 15.2 Å². The van der Waals surface area contributed by atoms with E-state index < -0.39 is 29.9 Å². The lowest BCUT2D eigenvalue weighted by Crippen LogP contribution is -2.44. The number of thiol groups is 1. The smallest absolute Gasteiger partial charge is 0.329 e. The molecule has 0 aliphatic carbocycles. The molecule has 3 N–H and O–H groups in total. The Bertz CT molecular complexity index is 338. The number of hydrogen-bond acceptors (Lipinski definition) is 7. The van der Waals surface area contributed by atoms with Gasteiger partial charge in [0.15, 0.2) is 0 Å². The van der Waals surface area contributed by atoms with Crippen LogP contribution < -0.4 is 11.1 Å². The summed E-state index contributed by atoms with van der Waals surface area (Å²) in [5.74, 6) is -1.34. The Morgan fingerprint density at radius 1 is 1.15 bits per heavy atom. The van der Waals surface area contributed by atoms with Crippen LogP contribution in [0.3, 0.4) is 0 Å². The van der Waals surface area contributed by atoms with Crippen LogP contribution in [0.1, 0.15) is 26.7 Å². The zero-order chi connectivity index (χ0) is 15.5. The summed E-state index contributed by atoms with van der Waals surface area (Å²) >= 11 is 3.98. The summed E-state index contributed by atoms with van der Waals surface area (Å²) < 4.78 is 9.52. The summed E-state index contributed by atoms with van der Waals surface area (Å²) in [4.78, 5) is 34.4. The Hall–Kier alpha value is -1.28. The van der Waals surface area contributed by atoms with E-state index in [-0.39, 0.29) is 31.8 Å². The molecule has 0 radical (unpaired) electrons. The van der Waals surface area contributed by atoms with Crippen LogP contribution in [0.4, 0.5) is 0 Å². The number of amides is 1. The highest BCUT2D eigenvalue weighted by atomic mass is 32.1. The fraction of sp³-hybridized carbons (Fsp3) is 0.750. The highest BCUT2D eigenvalue weighted by Gasteiger charge is 2.21. The van der Waals surface area contributed by atoms with E-state index in [1.807, 2.05) is 0 Å². The third-order valence-electron chi connectivity index (χ3n) is 2.36. The van der Waals surface area contributed by atoms with Gasteiger partial charge < -0.3 is 20.5 Å². The van der Waals surface area contributed by atoms with E-state index >= 15 is 0 Å². The molecule has 0 fully saturated rings. The Morgan fingerprint density at radius 2 is 1.70 bits per heavy atom. The van der Waals surface area contributed by atoms with E-state index in [1.54, 1.807) is 13.8 Å². The van der Waals surface area contributed by atoms with Gasteiger partial charge in [-0.1, -0.05) is 0 Å². The lowest BCUT2D eigenvalue weighted by molar-refractivity contribution is -0.147. The molecule has 0 spiro atoms. The molecule has 0 aromatic heterocycles. The van der Waals surface area contributed by atoms with Crippen molar-refractivity contribution in [1.82, 2.24) is 5.32 Å². The topological polar surface area (TPSA) is 108 Å². The molecule has 0 unspecified atom stereocenters. The molecule has 0 saturated heterocycles. The standard InChI is InChI=1S/C12H22N2O5S/c1-3-18-11(16)8(13)5-6-10(15)14-9(7-20)12(17)19-4-2/h8-9,20H,3-7,13H2,1-2H3,(H,14,15)/t8-,9-/m0/s1. The summed E-state index contributed by atoms with van der Waals surface area (Å²) in [7, 11) is 0. The SMILES string of the molecule is CCOC(=O)[C@H](CS)NC(=O)CC[C@H](N)C(=O)OCC. The molecule has 0 aromatic carbocycles. The van der Waals surface area contributed by atoms with Crippen LogP contribution in [-0.4, -0.2) is 48.9 Å². The second-order valence-electron chi connectivity index (χ2n) is 3.95. The van der Waals surface area contributed by atoms with Gasteiger partial charge in [0.25, 0.3) is 0 Å². The van der Waals surface area contributed by atoms with Crippen molar-refractivity contribution in [2.24, 2.45) is 5.73 Å². The molecule has 0 aromatic rings. The van der Waals surface area contributed by atoms with E-state index in [0.717, 1.165) is 0 Å². The van der Waals surface area contributed by atoms with Crippen molar-refractivity contribution in [3.8, 4) is 0 Å². The fourth-order valence-corrected chi connectivity index (χ4v) is 1.58. The van der Waals surface area contributed by atoms with E-state index in [1.165, 1.54) is 0 Å². The summed E-state index contributed by atoms with van der Waals surface area (Å²) in [5.41, 5.74) is 5.56. The van der Waals surface area contributed by atoms with Gasteiger partial charge in [-0.3, -0.25) is 9.59 Å². The zero-order valence-electron chi connectivity index (χ0n) is 11.8. The number of nitrogens with one attached hydrogen (secondary N) is 1. The van der Waals surface area contributed by atoms with Crippen molar-refractivity contribution in [3.05, 3.63) is 0 Å². The molecule has 2 atom stereocenters. The average Bonchev–Trinajstić information content (AvgIpc) is 2.42. The maximum atomic E-state index is 11.6. The van der Waals surface area contributed by atoms with Gasteiger partial charge in [0, 0.05) is 12.2 Å². The van der Waals surface area contributed by atoms with Gasteiger partial charge >= 0.3 is 11.9 Å². The third-order valence-corrected chi connectivity index (χ3v) is 2.73. The molecule has 0 bridgehead atoms. The number of rotatable bonds is 9. The number of carbonyl (C=O) groups excluding carboxylic acids is 3. The monoisotopic (exact) mass is 306 g/mol. The number of ether oxygens (including phenoxy) is 2. The summed E-state index contributed by atoms with van der Waals surface area (Å²) in [5, 5.41) is 2.48. The first kappa shape index (κ1) is 18.7. The molecule has 20 heavy (non-hydrogen) atoms. The molecular formula is C12H22N2O5S. The van der Waals surface area contributed by atoms with Crippen LogP contribution in [0.15, 0.2) is 0 Å². The quantitative estimate of drug-likeness (QED) is 0.396. The summed E-state index contributed by atoms with van der Waals surface area (Å²) in [6, 6.07) is -1.65. The minimum Gasteiger partial charge on any atom is -0.465 e. The Kier molecular flexibility index (Phi) is 9.83. The van der Waals surface area contributed by atoms with Crippen LogP contribution in [0.25, 0.3) is 0 Å². The second-order valence-corrected chi connectivity index (χ2v) is 4.32. The molecule has 116 valence electrons. The lowest BCUT2D eigenvalue weighted by Gasteiger charge is -2.15. The van der Waals surface area contributed by atoms with Gasteiger partial charge in [0.05, 0.1) is 13.2 Å². The van der Waals surface area contributed by atoms with Crippen molar-refractivity contribution in [1.29, 1.82) is 0 Å². The molecule has 0 heterocycles. The van der Waals surface area contributed by atoms with Gasteiger partial charge in [-0.05, 0) is 20.3 Å². The Labute approximate surface area is 124 Å². The minimum absolute atomic E-state index is 0.0175. The lowest BCUT2D eigenvalue weighted by atomic mass is 10.1. The van der Waals surface area contributed by atoms with Gasteiger partial charge in [-0.25, -0.2) is 4.79 Å². The molecule has 0 aliphatic rings. The Balaban J connectivity index is 4.14. The Morgan fingerprint density at radius 3 is 2.20 bits per heavy atom. The van der Waals surface area contributed by atoms with Crippen LogP contribution >= 0.6 is 12.6 Å². The first-order chi connectivity index (χ1) is 9.46. The van der Waals surface area contributed by atoms with Crippen molar-refractivity contribution < 1.29 is 23.9 Å². The van der Waals surface area contributed by atoms with Crippen molar-refractivity contribution in [2.45, 2.75) is 38.8 Å². The van der Waals surface area contributed by atoms with E-state index in [9.17, 15) is 14.4 Å². The second kappa shape index (κ2) is 10.5. The molecule has 7 nitrogen and oxygen atoms in total. The van der Waals surface area contributed by atoms with Crippen LogP contribution in [0.2, 0.25) is 0 Å². The summed E-state index contributed by atoms with van der Waals surface area (Å²) in [6.45, 7) is 3.82. The number of nitrogens with two attached hydrogens (primary N) is 1. The number of carbonyl (C=O) groups is 3. The van der Waals surface area contributed by atoms with E-state index in [0.29, 0.717) is 0 Å². The van der Waals surface area contributed by atoms with Crippen LogP contribution in [0, 0.1) is 0 Å². The first-order valence-corrected chi connectivity index (χ1v) is 7.08. The van der Waals surface area contributed by atoms with E-state index in [2.05, 4.69) is 17.9 Å². The third kappa shape index (κ3) is 7.34. The van der Waals surface area contributed by atoms with Gasteiger partial charge in [-0.15, -0.1) is 0 Å². The maximum absolute atomic E-state index is 11.6. The first-order valence-electron chi connectivity index (χ1n) is 6.45. The normalized spacial score (nSPS) is 13.2. The van der Waals surface area contributed by atoms with Crippen molar-refractivity contribution in [3.63, 3.8) is 0 Å². The van der Waals surface area contributed by atoms with Crippen molar-refractivity contribution >= 4 is 30.5 Å². The fourth-order valence-electron chi connectivity index (χ4n) is 1.34. The van der Waals surface area contributed by atoms with Gasteiger partial charge in [0.2, 0.25) is 5.91 Å². The average molecular weight is 306 g/mol. The van der Waals surface area contributed by atoms with Gasteiger partial charge in [-0.2, -0.15) is 12.6 Å². The largest absolute Gasteiger partial charge is 0.465 e. The molecule has 0 saturated carbocycles. The summed E-state index contributed by atoms with van der Waals surface area (Å²) in [6.07, 6.45) is 0.163. The molecule has 8 heteroatoms. The highest BCUT2D eigenvalue weighted by molar-refractivity contribution is 7.80. The predicted molar refractivity (Wildman–Crippen MR) is 76.3 cm³/mol. The predicted octanol–water partition coefficient (Wildman–Crippen LogP) is -0.365. The van der Waals surface area contributed by atoms with Gasteiger partial charge in [0.1, 0.15) is 12.1 Å². The molecule has 0 rings (SSSR count). The number of hydrogen-bond donors (Lipinski definition) is 3. The van der Waals surface area contributed by atoms with Crippen LogP contribution in [0.5, 0.6) is 0 Å². The molecule has 1 amide bonds. The van der Waals surface area contributed by atoms with Crippen LogP contribution in [-0.2, 0) is 23.9 Å². The highest BCUT2D eigenvalue weighted by Crippen LogP contribution is 2.00. The van der Waals surface area contributed by atoms with Crippen molar-refractivity contribution in [2.75, 3.05) is 19.0 Å². The minimum atomic E-state index is -0.849. The molecular weight excluding hydrogens is 284 g/mol. The number of esters is 2. The molecule has 0 aliphatic heterocycles.